The minimum atomic E-state index is -1.49. The van der Waals surface area contributed by atoms with Gasteiger partial charge in [0.05, 0.1) is 27.9 Å². The van der Waals surface area contributed by atoms with Crippen molar-refractivity contribution in [3.8, 4) is 5.69 Å². The van der Waals surface area contributed by atoms with Gasteiger partial charge in [-0.25, -0.2) is 8.78 Å². The van der Waals surface area contributed by atoms with Crippen LogP contribution in [0.15, 0.2) is 48.8 Å². The molecule has 0 bridgehead atoms. The highest BCUT2D eigenvalue weighted by Crippen LogP contribution is 2.42. The van der Waals surface area contributed by atoms with Crippen LogP contribution in [-0.2, 0) is 0 Å². The van der Waals surface area contributed by atoms with Crippen LogP contribution in [0.2, 0.25) is 5.02 Å². The first kappa shape index (κ1) is 21.3. The molecule has 1 saturated carbocycles. The highest BCUT2D eigenvalue weighted by Gasteiger charge is 2.43. The van der Waals surface area contributed by atoms with Crippen LogP contribution in [0, 0.1) is 5.82 Å². The lowest BCUT2D eigenvalue weighted by Crippen LogP contribution is -2.48. The van der Waals surface area contributed by atoms with Gasteiger partial charge in [-0.2, -0.15) is 4.68 Å². The van der Waals surface area contributed by atoms with Crippen LogP contribution in [-0.4, -0.2) is 43.0 Å². The molecule has 1 heterocycles. The van der Waals surface area contributed by atoms with E-state index in [2.05, 4.69) is 20.8 Å². The number of aliphatic hydroxyl groups is 1. The molecule has 0 radical (unpaired) electrons. The number of amides is 1. The normalized spacial score (nSPS) is 22.1. The number of alkyl halides is 1. The Balaban J connectivity index is 1.72. The third-order valence-corrected chi connectivity index (χ3v) is 6.03. The quantitative estimate of drug-likeness (QED) is 0.623. The first-order valence-corrected chi connectivity index (χ1v) is 10.2. The van der Waals surface area contributed by atoms with Crippen LogP contribution in [0.3, 0.4) is 0 Å². The first-order chi connectivity index (χ1) is 14.9. The summed E-state index contributed by atoms with van der Waals surface area (Å²) >= 11 is 6.20. The monoisotopic (exact) mass is 447 g/mol. The number of hydrogen-bond acceptors (Lipinski definition) is 5. The van der Waals surface area contributed by atoms with Crippen molar-refractivity contribution in [1.29, 1.82) is 0 Å². The van der Waals surface area contributed by atoms with Crippen molar-refractivity contribution in [3.63, 3.8) is 0 Å². The van der Waals surface area contributed by atoms with E-state index >= 15 is 0 Å². The standard InChI is InChI=1S/C21H20ClF2N5O2/c22-18-15(5-3-6-16(18)24)19(21(31)10-8-13(23)9-11-21)26-20(30)14-4-1-2-7-17(14)29-12-25-27-28-29/h1-7,12-13,19,31H,8-11H2,(H,26,30)/t13-,19?,21-. The number of para-hydroxylation sites is 1. The molecule has 1 atom stereocenters. The Hall–Kier alpha value is -2.91. The average Bonchev–Trinajstić information content (AvgIpc) is 3.31. The number of aromatic nitrogens is 4. The van der Waals surface area contributed by atoms with Gasteiger partial charge >= 0.3 is 0 Å². The van der Waals surface area contributed by atoms with Crippen molar-refractivity contribution >= 4 is 17.5 Å². The maximum absolute atomic E-state index is 14.2. The van der Waals surface area contributed by atoms with Gasteiger partial charge in [0.2, 0.25) is 0 Å². The first-order valence-electron chi connectivity index (χ1n) is 9.82. The summed E-state index contributed by atoms with van der Waals surface area (Å²) in [5, 5.41) is 25.0. The third kappa shape index (κ3) is 4.28. The number of carbonyl (C=O) groups is 1. The number of hydrogen-bond donors (Lipinski definition) is 2. The van der Waals surface area contributed by atoms with E-state index in [4.69, 9.17) is 11.6 Å². The minimum absolute atomic E-state index is 0.0978. The Morgan fingerprint density at radius 1 is 1.23 bits per heavy atom. The molecule has 1 unspecified atom stereocenters. The number of halogens is 3. The van der Waals surface area contributed by atoms with E-state index in [-0.39, 0.29) is 41.8 Å². The van der Waals surface area contributed by atoms with E-state index in [0.717, 1.165) is 0 Å². The number of nitrogens with zero attached hydrogens (tertiary/aromatic N) is 4. The Bertz CT molecular complexity index is 1070. The second-order valence-electron chi connectivity index (χ2n) is 7.60. The molecule has 1 aliphatic carbocycles. The molecular formula is C21H20ClF2N5O2. The molecule has 0 saturated heterocycles. The predicted molar refractivity (Wildman–Crippen MR) is 109 cm³/mol. The van der Waals surface area contributed by atoms with E-state index < -0.39 is 29.5 Å². The smallest absolute Gasteiger partial charge is 0.254 e. The van der Waals surface area contributed by atoms with Gasteiger partial charge < -0.3 is 10.4 Å². The molecular weight excluding hydrogens is 428 g/mol. The molecule has 10 heteroatoms. The zero-order valence-corrected chi connectivity index (χ0v) is 17.1. The van der Waals surface area contributed by atoms with Gasteiger partial charge in [-0.1, -0.05) is 35.9 Å². The molecule has 1 aliphatic rings. The number of benzene rings is 2. The van der Waals surface area contributed by atoms with Crippen molar-refractivity contribution in [2.45, 2.75) is 43.5 Å². The number of tetrazole rings is 1. The van der Waals surface area contributed by atoms with Crippen molar-refractivity contribution in [2.24, 2.45) is 0 Å². The number of carbonyl (C=O) groups excluding carboxylic acids is 1. The van der Waals surface area contributed by atoms with Crippen LogP contribution >= 0.6 is 11.6 Å². The molecule has 162 valence electrons. The van der Waals surface area contributed by atoms with Crippen LogP contribution in [0.1, 0.15) is 47.6 Å². The van der Waals surface area contributed by atoms with Crippen molar-refractivity contribution < 1.29 is 18.7 Å². The fourth-order valence-corrected chi connectivity index (χ4v) is 4.20. The second kappa shape index (κ2) is 8.68. The molecule has 2 aromatic carbocycles. The highest BCUT2D eigenvalue weighted by atomic mass is 35.5. The molecule has 1 fully saturated rings. The van der Waals surface area contributed by atoms with Gasteiger partial charge in [-0.05, 0) is 59.9 Å². The SMILES string of the molecule is O=C(NC(c1cccc(F)c1Cl)[C@]1(O)CC[C@H](F)CC1)c1ccccc1-n1cnnn1. The Labute approximate surface area is 182 Å². The van der Waals surface area contributed by atoms with Crippen molar-refractivity contribution in [1.82, 2.24) is 25.5 Å². The Kier molecular flexibility index (Phi) is 5.97. The number of nitrogens with one attached hydrogen (secondary N) is 1. The van der Waals surface area contributed by atoms with Gasteiger partial charge in [0.25, 0.3) is 5.91 Å². The molecule has 0 aliphatic heterocycles. The predicted octanol–water partition coefficient (Wildman–Crippen LogP) is 3.57. The lowest BCUT2D eigenvalue weighted by Gasteiger charge is -2.41. The van der Waals surface area contributed by atoms with Crippen LogP contribution in [0.25, 0.3) is 5.69 Å². The van der Waals surface area contributed by atoms with Gasteiger partial charge in [0.15, 0.2) is 0 Å². The maximum atomic E-state index is 14.2. The molecule has 7 nitrogen and oxygen atoms in total. The molecule has 4 rings (SSSR count). The van der Waals surface area contributed by atoms with Crippen molar-refractivity contribution in [2.75, 3.05) is 0 Å². The summed E-state index contributed by atoms with van der Waals surface area (Å²) < 4.78 is 29.3. The van der Waals surface area contributed by atoms with Gasteiger partial charge in [0, 0.05) is 0 Å². The Morgan fingerprint density at radius 3 is 2.68 bits per heavy atom. The largest absolute Gasteiger partial charge is 0.387 e. The minimum Gasteiger partial charge on any atom is -0.387 e. The summed E-state index contributed by atoms with van der Waals surface area (Å²) in [5.74, 6) is -1.21. The average molecular weight is 448 g/mol. The molecule has 1 amide bonds. The molecule has 1 aromatic heterocycles. The van der Waals surface area contributed by atoms with Gasteiger partial charge in [-0.3, -0.25) is 4.79 Å². The summed E-state index contributed by atoms with van der Waals surface area (Å²) in [5.41, 5.74) is -0.585. The Morgan fingerprint density at radius 2 is 1.97 bits per heavy atom. The summed E-state index contributed by atoms with van der Waals surface area (Å²) in [7, 11) is 0. The molecule has 31 heavy (non-hydrogen) atoms. The highest BCUT2D eigenvalue weighted by molar-refractivity contribution is 6.31. The summed E-state index contributed by atoms with van der Waals surface area (Å²) in [6.45, 7) is 0. The molecule has 3 aromatic rings. The summed E-state index contributed by atoms with van der Waals surface area (Å²) in [6, 6.07) is 9.80. The van der Waals surface area contributed by atoms with Crippen molar-refractivity contribution in [3.05, 3.63) is 70.8 Å². The van der Waals surface area contributed by atoms with Gasteiger partial charge in [-0.15, -0.1) is 5.10 Å². The van der Waals surface area contributed by atoms with E-state index in [1.807, 2.05) is 0 Å². The lowest BCUT2D eigenvalue weighted by molar-refractivity contribution is -0.0445. The van der Waals surface area contributed by atoms with E-state index in [1.165, 1.54) is 23.1 Å². The van der Waals surface area contributed by atoms with Crippen LogP contribution in [0.4, 0.5) is 8.78 Å². The lowest BCUT2D eigenvalue weighted by atomic mass is 9.76. The van der Waals surface area contributed by atoms with E-state index in [9.17, 15) is 18.7 Å². The molecule has 2 N–H and O–H groups in total. The van der Waals surface area contributed by atoms with Crippen LogP contribution < -0.4 is 5.32 Å². The van der Waals surface area contributed by atoms with E-state index in [0.29, 0.717) is 5.69 Å². The maximum Gasteiger partial charge on any atom is 0.254 e. The molecule has 0 spiro atoms. The van der Waals surface area contributed by atoms with E-state index in [1.54, 1.807) is 30.3 Å². The number of rotatable bonds is 5. The fraction of sp³-hybridized carbons (Fsp3) is 0.333. The third-order valence-electron chi connectivity index (χ3n) is 5.63. The summed E-state index contributed by atoms with van der Waals surface area (Å²) in [4.78, 5) is 13.3. The van der Waals surface area contributed by atoms with Gasteiger partial charge in [0.1, 0.15) is 18.3 Å². The zero-order chi connectivity index (χ0) is 22.0. The fourth-order valence-electron chi connectivity index (χ4n) is 3.96. The zero-order valence-electron chi connectivity index (χ0n) is 16.4. The topological polar surface area (TPSA) is 92.9 Å². The second-order valence-corrected chi connectivity index (χ2v) is 7.98. The summed E-state index contributed by atoms with van der Waals surface area (Å²) in [6.07, 6.45) is 0.790. The van der Waals surface area contributed by atoms with Crippen LogP contribution in [0.5, 0.6) is 0 Å².